The number of pyridine rings is 1. The number of nitrogens with one attached hydrogen (secondary N) is 1. The van der Waals surface area contributed by atoms with Gasteiger partial charge in [0, 0.05) is 17.3 Å². The summed E-state index contributed by atoms with van der Waals surface area (Å²) in [4.78, 5) is 10.4. The molecule has 30 heavy (non-hydrogen) atoms. The summed E-state index contributed by atoms with van der Waals surface area (Å²) in [6.45, 7) is 0. The SMILES string of the molecule is NC1N=C(c2ccccc2C(F)(F)F)N(c2n[nH]c3cccnc23)c2ccccc21. The van der Waals surface area contributed by atoms with Gasteiger partial charge < -0.3 is 5.73 Å². The van der Waals surface area contributed by atoms with Gasteiger partial charge in [-0.3, -0.25) is 15.0 Å². The molecule has 0 aliphatic carbocycles. The van der Waals surface area contributed by atoms with E-state index in [-0.39, 0.29) is 11.4 Å². The van der Waals surface area contributed by atoms with E-state index in [2.05, 4.69) is 20.2 Å². The van der Waals surface area contributed by atoms with Gasteiger partial charge in [0.1, 0.15) is 17.5 Å². The van der Waals surface area contributed by atoms with Crippen LogP contribution in [0.2, 0.25) is 0 Å². The number of H-pyrrole nitrogens is 1. The number of hydrogen-bond donors (Lipinski definition) is 2. The van der Waals surface area contributed by atoms with Crippen LogP contribution in [0, 0.1) is 0 Å². The van der Waals surface area contributed by atoms with Crippen LogP contribution in [-0.2, 0) is 6.18 Å². The molecule has 1 unspecified atom stereocenters. The van der Waals surface area contributed by atoms with Gasteiger partial charge in [0.05, 0.1) is 16.8 Å². The van der Waals surface area contributed by atoms with Crippen molar-refractivity contribution in [1.29, 1.82) is 0 Å². The molecule has 0 saturated heterocycles. The summed E-state index contributed by atoms with van der Waals surface area (Å²) in [6.07, 6.45) is -3.77. The summed E-state index contributed by atoms with van der Waals surface area (Å²) < 4.78 is 41.3. The number of halogens is 3. The van der Waals surface area contributed by atoms with Gasteiger partial charge in [-0.25, -0.2) is 4.99 Å². The summed E-state index contributed by atoms with van der Waals surface area (Å²) in [5.41, 5.74) is 7.79. The molecule has 0 bridgehead atoms. The minimum Gasteiger partial charge on any atom is -0.306 e. The zero-order valence-electron chi connectivity index (χ0n) is 15.4. The molecule has 4 aromatic rings. The number of anilines is 2. The first-order valence-corrected chi connectivity index (χ1v) is 9.13. The average Bonchev–Trinajstić information content (AvgIpc) is 3.17. The molecule has 5 rings (SSSR count). The van der Waals surface area contributed by atoms with Crippen molar-refractivity contribution in [3.63, 3.8) is 0 Å². The Kier molecular flexibility index (Phi) is 4.07. The lowest BCUT2D eigenvalue weighted by molar-refractivity contribution is -0.137. The van der Waals surface area contributed by atoms with Crippen molar-refractivity contribution in [3.8, 4) is 0 Å². The summed E-state index contributed by atoms with van der Waals surface area (Å²) in [7, 11) is 0. The summed E-state index contributed by atoms with van der Waals surface area (Å²) in [5, 5.41) is 7.23. The zero-order valence-corrected chi connectivity index (χ0v) is 15.4. The van der Waals surface area contributed by atoms with E-state index in [9.17, 15) is 13.2 Å². The summed E-state index contributed by atoms with van der Waals surface area (Å²) in [5.74, 6) is 0.411. The fourth-order valence-electron chi connectivity index (χ4n) is 3.64. The third-order valence-corrected chi connectivity index (χ3v) is 4.96. The maximum Gasteiger partial charge on any atom is 0.417 e. The first kappa shape index (κ1) is 18.3. The topological polar surface area (TPSA) is 83.2 Å². The molecule has 0 saturated carbocycles. The number of aromatic nitrogens is 3. The Labute approximate surface area is 168 Å². The largest absolute Gasteiger partial charge is 0.417 e. The van der Waals surface area contributed by atoms with Gasteiger partial charge in [0.2, 0.25) is 0 Å². The minimum absolute atomic E-state index is 0.0631. The highest BCUT2D eigenvalue weighted by atomic mass is 19.4. The molecule has 0 spiro atoms. The maximum absolute atomic E-state index is 13.8. The van der Waals surface area contributed by atoms with E-state index in [1.807, 2.05) is 6.07 Å². The number of aromatic amines is 1. The number of nitrogens with zero attached hydrogens (tertiary/aromatic N) is 4. The molecule has 1 aliphatic heterocycles. The molecule has 1 atom stereocenters. The predicted molar refractivity (Wildman–Crippen MR) is 107 cm³/mol. The number of amidine groups is 1. The fraction of sp³-hybridized carbons (Fsp3) is 0.0952. The van der Waals surface area contributed by atoms with Gasteiger partial charge in [-0.2, -0.15) is 18.3 Å². The highest BCUT2D eigenvalue weighted by Crippen LogP contribution is 2.41. The Bertz CT molecular complexity index is 1280. The highest BCUT2D eigenvalue weighted by molar-refractivity contribution is 6.18. The van der Waals surface area contributed by atoms with E-state index in [4.69, 9.17) is 5.73 Å². The molecule has 9 heteroatoms. The van der Waals surface area contributed by atoms with Gasteiger partial charge in [-0.15, -0.1) is 0 Å². The third kappa shape index (κ3) is 2.82. The Morgan fingerprint density at radius 3 is 2.57 bits per heavy atom. The molecule has 1 aliphatic rings. The van der Waals surface area contributed by atoms with Crippen molar-refractivity contribution in [2.24, 2.45) is 10.7 Å². The Morgan fingerprint density at radius 1 is 0.967 bits per heavy atom. The fourth-order valence-corrected chi connectivity index (χ4v) is 3.64. The van der Waals surface area contributed by atoms with E-state index in [1.165, 1.54) is 18.2 Å². The van der Waals surface area contributed by atoms with Crippen molar-refractivity contribution in [1.82, 2.24) is 15.2 Å². The minimum atomic E-state index is -4.56. The molecule has 150 valence electrons. The van der Waals surface area contributed by atoms with Gasteiger partial charge in [-0.05, 0) is 24.3 Å². The zero-order chi connectivity index (χ0) is 20.9. The lowest BCUT2D eigenvalue weighted by Gasteiger charge is -2.33. The number of benzene rings is 2. The van der Waals surface area contributed by atoms with Crippen LogP contribution in [0.4, 0.5) is 24.7 Å². The lowest BCUT2D eigenvalue weighted by atomic mass is 10.0. The number of rotatable bonds is 2. The van der Waals surface area contributed by atoms with Crippen LogP contribution < -0.4 is 10.6 Å². The van der Waals surface area contributed by atoms with Crippen LogP contribution in [-0.4, -0.2) is 21.0 Å². The Hall–Kier alpha value is -3.72. The number of para-hydroxylation sites is 1. The number of hydrogen-bond acceptors (Lipinski definition) is 5. The molecule has 6 nitrogen and oxygen atoms in total. The average molecular weight is 408 g/mol. The van der Waals surface area contributed by atoms with Crippen molar-refractivity contribution in [2.75, 3.05) is 4.90 Å². The maximum atomic E-state index is 13.8. The second-order valence-corrected chi connectivity index (χ2v) is 6.78. The quantitative estimate of drug-likeness (QED) is 0.510. The van der Waals surface area contributed by atoms with Crippen LogP contribution in [0.3, 0.4) is 0 Å². The number of fused-ring (bicyclic) bond motifs is 2. The van der Waals surface area contributed by atoms with Gasteiger partial charge >= 0.3 is 6.18 Å². The van der Waals surface area contributed by atoms with E-state index in [1.54, 1.807) is 41.4 Å². The van der Waals surface area contributed by atoms with Crippen LogP contribution in [0.1, 0.15) is 22.9 Å². The first-order valence-electron chi connectivity index (χ1n) is 9.13. The van der Waals surface area contributed by atoms with Crippen LogP contribution in [0.15, 0.2) is 71.9 Å². The number of alkyl halides is 3. The van der Waals surface area contributed by atoms with E-state index in [0.29, 0.717) is 28.1 Å². The smallest absolute Gasteiger partial charge is 0.306 e. The third-order valence-electron chi connectivity index (χ3n) is 4.96. The summed E-state index contributed by atoms with van der Waals surface area (Å²) in [6, 6.07) is 16.0. The number of nitrogens with two attached hydrogens (primary N) is 1. The molecular formula is C21H15F3N6. The molecular weight excluding hydrogens is 393 g/mol. The molecule has 2 aromatic heterocycles. The molecule has 0 amide bonds. The molecule has 0 fully saturated rings. The molecule has 3 N–H and O–H groups in total. The van der Waals surface area contributed by atoms with E-state index >= 15 is 0 Å². The lowest BCUT2D eigenvalue weighted by Crippen LogP contribution is -2.35. The molecule has 2 aromatic carbocycles. The van der Waals surface area contributed by atoms with Crippen LogP contribution in [0.5, 0.6) is 0 Å². The van der Waals surface area contributed by atoms with E-state index < -0.39 is 17.9 Å². The second kappa shape index (κ2) is 6.67. The molecule has 0 radical (unpaired) electrons. The van der Waals surface area contributed by atoms with Gasteiger partial charge in [0.25, 0.3) is 0 Å². The van der Waals surface area contributed by atoms with Crippen LogP contribution in [0.25, 0.3) is 11.0 Å². The van der Waals surface area contributed by atoms with Crippen molar-refractivity contribution < 1.29 is 13.2 Å². The van der Waals surface area contributed by atoms with Crippen molar-refractivity contribution >= 4 is 28.4 Å². The highest BCUT2D eigenvalue weighted by Gasteiger charge is 2.38. The second-order valence-electron chi connectivity index (χ2n) is 6.78. The Balaban J connectivity index is 1.80. The van der Waals surface area contributed by atoms with Crippen molar-refractivity contribution in [3.05, 3.63) is 83.6 Å². The predicted octanol–water partition coefficient (Wildman–Crippen LogP) is 4.53. The van der Waals surface area contributed by atoms with Gasteiger partial charge in [-0.1, -0.05) is 36.4 Å². The molecule has 3 heterocycles. The van der Waals surface area contributed by atoms with Crippen LogP contribution >= 0.6 is 0 Å². The standard InChI is InChI=1S/C21H15F3N6/c22-21(23,24)14-8-3-1-6-12(14)19-27-18(25)13-7-2-4-10-16(13)30(19)20-17-15(28-29-20)9-5-11-26-17/h1-11,18H,25H2,(H,28,29). The Morgan fingerprint density at radius 2 is 1.73 bits per heavy atom. The monoisotopic (exact) mass is 408 g/mol. The summed E-state index contributed by atoms with van der Waals surface area (Å²) >= 11 is 0. The first-order chi connectivity index (χ1) is 14.4. The number of aliphatic imine (C=N–C) groups is 1. The van der Waals surface area contributed by atoms with Crippen molar-refractivity contribution in [2.45, 2.75) is 12.3 Å². The normalized spacial score (nSPS) is 16.5. The van der Waals surface area contributed by atoms with E-state index in [0.717, 1.165) is 6.07 Å². The van der Waals surface area contributed by atoms with Gasteiger partial charge in [0.15, 0.2) is 5.82 Å².